The predicted molar refractivity (Wildman–Crippen MR) is 138 cm³/mol. The van der Waals surface area contributed by atoms with E-state index in [0.29, 0.717) is 13.0 Å². The van der Waals surface area contributed by atoms with Crippen molar-refractivity contribution in [1.29, 1.82) is 0 Å². The van der Waals surface area contributed by atoms with E-state index in [9.17, 15) is 4.79 Å². The number of anilines is 1. The summed E-state index contributed by atoms with van der Waals surface area (Å²) in [5.74, 6) is 1.11. The zero-order valence-electron chi connectivity index (χ0n) is 18.5. The van der Waals surface area contributed by atoms with E-state index in [0.717, 1.165) is 52.1 Å². The van der Waals surface area contributed by atoms with Gasteiger partial charge in [-0.05, 0) is 55.8 Å². The van der Waals surface area contributed by atoms with Crippen molar-refractivity contribution in [3.05, 3.63) is 48.5 Å². The predicted octanol–water partition coefficient (Wildman–Crippen LogP) is 6.27. The lowest BCUT2D eigenvalue weighted by atomic mass is 10.3. The zero-order chi connectivity index (χ0) is 22.1. The summed E-state index contributed by atoms with van der Waals surface area (Å²) in [6.07, 6.45) is 3.48. The van der Waals surface area contributed by atoms with E-state index >= 15 is 0 Å². The van der Waals surface area contributed by atoms with Crippen molar-refractivity contribution in [2.45, 2.75) is 36.5 Å². The van der Waals surface area contributed by atoms with Crippen molar-refractivity contribution in [3.8, 4) is 0 Å². The maximum Gasteiger partial charge on any atom is 0.228 e. The van der Waals surface area contributed by atoms with Gasteiger partial charge in [0.1, 0.15) is 0 Å². The Hall–Kier alpha value is -1.54. The Kier molecular flexibility index (Phi) is 9.71. The van der Waals surface area contributed by atoms with E-state index in [2.05, 4.69) is 67.5 Å². The number of para-hydroxylation sites is 1. The van der Waals surface area contributed by atoms with Crippen LogP contribution in [0.4, 0.5) is 5.13 Å². The molecule has 0 fully saturated rings. The lowest BCUT2D eigenvalue weighted by molar-refractivity contribution is -0.118. The Morgan fingerprint density at radius 2 is 1.81 bits per heavy atom. The number of aromatic nitrogens is 1. The second-order valence-corrected chi connectivity index (χ2v) is 10.2. The average molecular weight is 474 g/mol. The monoisotopic (exact) mass is 473 g/mol. The molecule has 3 aromatic rings. The molecule has 0 N–H and O–H groups in total. The van der Waals surface area contributed by atoms with Gasteiger partial charge >= 0.3 is 0 Å². The third-order valence-corrected chi connectivity index (χ3v) is 8.11. The van der Waals surface area contributed by atoms with Gasteiger partial charge in [0, 0.05) is 29.3 Å². The molecule has 0 bridgehead atoms. The van der Waals surface area contributed by atoms with Crippen molar-refractivity contribution >= 4 is 56.1 Å². The quantitative estimate of drug-likeness (QED) is 0.229. The van der Waals surface area contributed by atoms with Crippen LogP contribution in [0, 0.1) is 0 Å². The van der Waals surface area contributed by atoms with Gasteiger partial charge in [-0.15, -0.1) is 23.5 Å². The number of carbonyl (C=O) groups excluding carboxylic acids is 1. The number of hydrogen-bond acceptors (Lipinski definition) is 6. The van der Waals surface area contributed by atoms with Crippen LogP contribution >= 0.6 is 34.9 Å². The van der Waals surface area contributed by atoms with Crippen LogP contribution < -0.4 is 4.90 Å². The number of amides is 1. The highest BCUT2D eigenvalue weighted by molar-refractivity contribution is 7.99. The van der Waals surface area contributed by atoms with E-state index in [1.165, 1.54) is 4.90 Å². The summed E-state index contributed by atoms with van der Waals surface area (Å²) in [6.45, 7) is 7.85. The molecule has 0 radical (unpaired) electrons. The van der Waals surface area contributed by atoms with Gasteiger partial charge in [-0.2, -0.15) is 0 Å². The summed E-state index contributed by atoms with van der Waals surface area (Å²) in [4.78, 5) is 24.8. The summed E-state index contributed by atoms with van der Waals surface area (Å²) in [5, 5.41) is 0.823. The van der Waals surface area contributed by atoms with Crippen molar-refractivity contribution in [2.75, 3.05) is 43.1 Å². The second-order valence-electron chi connectivity index (χ2n) is 7.14. The van der Waals surface area contributed by atoms with Gasteiger partial charge in [-0.3, -0.25) is 9.69 Å². The molecule has 0 spiro atoms. The first kappa shape index (κ1) is 24.1. The van der Waals surface area contributed by atoms with Crippen molar-refractivity contribution < 1.29 is 4.79 Å². The zero-order valence-corrected chi connectivity index (χ0v) is 21.0. The first-order chi connectivity index (χ1) is 15.2. The lowest BCUT2D eigenvalue weighted by Gasteiger charge is -2.24. The molecule has 0 saturated carbocycles. The Bertz CT molecular complexity index is 957. The van der Waals surface area contributed by atoms with Crippen LogP contribution in [0.2, 0.25) is 0 Å². The number of rotatable bonds is 12. The molecule has 0 aliphatic carbocycles. The summed E-state index contributed by atoms with van der Waals surface area (Å²) in [7, 11) is 0. The van der Waals surface area contributed by atoms with Gasteiger partial charge in [0.05, 0.1) is 10.2 Å². The molecule has 0 atom stereocenters. The van der Waals surface area contributed by atoms with E-state index in [-0.39, 0.29) is 5.91 Å². The number of likely N-dealkylation sites (N-methyl/N-ethyl adjacent to an activating group) is 1. The SMILES string of the molecule is CCN(CC)CCN(C(=O)CCCSc1ccccc1)c1nc2c(SC)cccc2s1. The molecule has 0 aliphatic rings. The minimum atomic E-state index is 0.172. The van der Waals surface area contributed by atoms with Gasteiger partial charge < -0.3 is 4.90 Å². The fourth-order valence-corrected chi connectivity index (χ4v) is 5.90. The van der Waals surface area contributed by atoms with E-state index in [4.69, 9.17) is 4.98 Å². The van der Waals surface area contributed by atoms with Gasteiger partial charge in [0.15, 0.2) is 5.13 Å². The number of carbonyl (C=O) groups is 1. The molecule has 0 saturated heterocycles. The van der Waals surface area contributed by atoms with Crippen LogP contribution in [0.25, 0.3) is 10.2 Å². The Morgan fingerprint density at radius 1 is 1.03 bits per heavy atom. The molecule has 1 aromatic heterocycles. The van der Waals surface area contributed by atoms with Gasteiger partial charge in [-0.1, -0.05) is 49.4 Å². The number of nitrogens with zero attached hydrogens (tertiary/aromatic N) is 3. The molecule has 3 rings (SSSR count). The molecule has 1 heterocycles. The largest absolute Gasteiger partial charge is 0.302 e. The van der Waals surface area contributed by atoms with Crippen LogP contribution in [0.3, 0.4) is 0 Å². The lowest BCUT2D eigenvalue weighted by Crippen LogP contribution is -2.38. The number of benzene rings is 2. The van der Waals surface area contributed by atoms with Crippen LogP contribution in [-0.4, -0.2) is 54.0 Å². The fraction of sp³-hybridized carbons (Fsp3) is 0.417. The van der Waals surface area contributed by atoms with Crippen molar-refractivity contribution in [2.24, 2.45) is 0 Å². The van der Waals surface area contributed by atoms with E-state index in [1.807, 2.05) is 22.7 Å². The highest BCUT2D eigenvalue weighted by Gasteiger charge is 2.21. The number of hydrogen-bond donors (Lipinski definition) is 0. The molecule has 7 heteroatoms. The minimum Gasteiger partial charge on any atom is -0.302 e. The minimum absolute atomic E-state index is 0.172. The summed E-state index contributed by atoms with van der Waals surface area (Å²) in [5.41, 5.74) is 1.01. The molecular weight excluding hydrogens is 442 g/mol. The number of thiazole rings is 1. The third-order valence-electron chi connectivity index (χ3n) is 5.20. The van der Waals surface area contributed by atoms with Crippen molar-refractivity contribution in [3.63, 3.8) is 0 Å². The number of thioether (sulfide) groups is 2. The average Bonchev–Trinajstić information content (AvgIpc) is 3.24. The molecule has 1 amide bonds. The second kappa shape index (κ2) is 12.5. The molecule has 2 aromatic carbocycles. The first-order valence-corrected chi connectivity index (χ1v) is 13.8. The Morgan fingerprint density at radius 3 is 2.52 bits per heavy atom. The fourth-order valence-electron chi connectivity index (χ4n) is 3.37. The molecule has 166 valence electrons. The van der Waals surface area contributed by atoms with E-state index in [1.54, 1.807) is 23.1 Å². The summed E-state index contributed by atoms with van der Waals surface area (Å²) >= 11 is 5.13. The molecule has 4 nitrogen and oxygen atoms in total. The number of fused-ring (bicyclic) bond motifs is 1. The van der Waals surface area contributed by atoms with Crippen LogP contribution in [0.1, 0.15) is 26.7 Å². The topological polar surface area (TPSA) is 36.4 Å². The molecule has 31 heavy (non-hydrogen) atoms. The molecular formula is C24H31N3OS3. The highest BCUT2D eigenvalue weighted by atomic mass is 32.2. The standard InChI is InChI=1S/C24H31N3OS3/c1-4-26(5-2)16-17-27(22(28)15-10-18-30-19-11-7-6-8-12-19)24-25-23-20(29-3)13-9-14-21(23)31-24/h6-9,11-14H,4-5,10,15-18H2,1-3H3. The highest BCUT2D eigenvalue weighted by Crippen LogP contribution is 2.34. The maximum atomic E-state index is 13.2. The van der Waals surface area contributed by atoms with Crippen LogP contribution in [0.5, 0.6) is 0 Å². The normalized spacial score (nSPS) is 11.4. The van der Waals surface area contributed by atoms with Gasteiger partial charge in [-0.25, -0.2) is 4.98 Å². The summed E-state index contributed by atoms with van der Waals surface area (Å²) < 4.78 is 1.14. The smallest absolute Gasteiger partial charge is 0.228 e. The van der Waals surface area contributed by atoms with E-state index < -0.39 is 0 Å². The Labute approximate surface area is 198 Å². The Balaban J connectivity index is 1.70. The van der Waals surface area contributed by atoms with Gasteiger partial charge in [0.2, 0.25) is 5.91 Å². The van der Waals surface area contributed by atoms with Crippen LogP contribution in [0.15, 0.2) is 58.3 Å². The van der Waals surface area contributed by atoms with Crippen molar-refractivity contribution in [1.82, 2.24) is 9.88 Å². The third kappa shape index (κ3) is 6.72. The molecule has 0 aliphatic heterocycles. The maximum absolute atomic E-state index is 13.2. The van der Waals surface area contributed by atoms with Gasteiger partial charge in [0.25, 0.3) is 0 Å². The summed E-state index contributed by atoms with van der Waals surface area (Å²) in [6, 6.07) is 16.6. The van der Waals surface area contributed by atoms with Crippen LogP contribution in [-0.2, 0) is 4.79 Å². The first-order valence-electron chi connectivity index (χ1n) is 10.8. The molecule has 0 unspecified atom stereocenters.